The summed E-state index contributed by atoms with van der Waals surface area (Å²) in [7, 11) is -29.8. The third-order valence-corrected chi connectivity index (χ3v) is 8.62. The molecular formula is CH8N5O16P5. The van der Waals surface area contributed by atoms with E-state index in [-0.39, 0.29) is 0 Å². The Morgan fingerprint density at radius 2 is 0.963 bits per heavy atom. The third kappa shape index (κ3) is 9.76. The average molecular weight is 501 g/mol. The first-order valence-electron chi connectivity index (χ1n) is 5.30. The van der Waals surface area contributed by atoms with Gasteiger partial charge in [-0.15, -0.1) is 0 Å². The van der Waals surface area contributed by atoms with Crippen molar-refractivity contribution in [3.8, 4) is 0 Å². The van der Waals surface area contributed by atoms with Gasteiger partial charge < -0.3 is 29.4 Å². The fourth-order valence-electron chi connectivity index (χ4n) is 0.981. The van der Waals surface area contributed by atoms with Crippen molar-refractivity contribution in [3.05, 3.63) is 0 Å². The van der Waals surface area contributed by atoms with E-state index in [0.717, 1.165) is 0 Å². The second-order valence-corrected chi connectivity index (χ2v) is 11.3. The van der Waals surface area contributed by atoms with Gasteiger partial charge in [0, 0.05) is 0 Å². The molecule has 0 bridgehead atoms. The molecule has 4 unspecified atom stereocenters. The normalized spacial score (nSPS) is 25.3. The second kappa shape index (κ2) is 7.95. The highest BCUT2D eigenvalue weighted by Crippen LogP contribution is 2.73. The predicted molar refractivity (Wildman–Crippen MR) is 73.4 cm³/mol. The van der Waals surface area contributed by atoms with E-state index in [0.29, 0.717) is 0 Å². The van der Waals surface area contributed by atoms with E-state index in [2.05, 4.69) is 42.4 Å². The maximum atomic E-state index is 11.5. The molecule has 1 heterocycles. The lowest BCUT2D eigenvalue weighted by Crippen LogP contribution is -2.35. The summed E-state index contributed by atoms with van der Waals surface area (Å²) in [5, 5.41) is 11.3. The summed E-state index contributed by atoms with van der Waals surface area (Å²) in [5.41, 5.74) is 5.08. The van der Waals surface area contributed by atoms with Crippen LogP contribution in [0.5, 0.6) is 0 Å². The Hall–Kier alpha value is -0.130. The van der Waals surface area contributed by atoms with E-state index in [1.165, 1.54) is 0 Å². The van der Waals surface area contributed by atoms with Crippen molar-refractivity contribution in [2.75, 3.05) is 0 Å². The molecule has 0 spiro atoms. The Balaban J connectivity index is 2.84. The molecule has 0 fully saturated rings. The molecule has 26 heteroatoms. The van der Waals surface area contributed by atoms with Gasteiger partial charge in [0.2, 0.25) is 0 Å². The van der Waals surface area contributed by atoms with Crippen LogP contribution in [0.15, 0.2) is 20.7 Å². The molecule has 1 rings (SSSR count). The first-order chi connectivity index (χ1) is 11.7. The summed E-state index contributed by atoms with van der Waals surface area (Å²) < 4.78 is 73.1. The Bertz CT molecular complexity index is 856. The molecule has 4 atom stereocenters. The first-order valence-corrected chi connectivity index (χ1v) is 12.8. The van der Waals surface area contributed by atoms with Crippen molar-refractivity contribution in [2.45, 2.75) is 5.97 Å². The van der Waals surface area contributed by atoms with Crippen molar-refractivity contribution < 1.29 is 74.0 Å². The van der Waals surface area contributed by atoms with Gasteiger partial charge in [-0.1, -0.05) is 10.2 Å². The number of phosphoric acid groups is 5. The SMILES string of the molecule is NC1(OP(=O)(O)OP(=O)(O)OP(=O)(O)OP(=O)(O)OP(=O)(O)O)N=NN=N1. The van der Waals surface area contributed by atoms with Gasteiger partial charge in [0.15, 0.2) is 0 Å². The fraction of sp³-hybridized carbons (Fsp3) is 1.00. The topological polar surface area (TPSA) is 328 Å². The lowest BCUT2D eigenvalue weighted by Gasteiger charge is -2.21. The van der Waals surface area contributed by atoms with Gasteiger partial charge in [-0.05, 0) is 10.4 Å². The lowest BCUT2D eigenvalue weighted by molar-refractivity contribution is 0.0508. The molecule has 21 nitrogen and oxygen atoms in total. The van der Waals surface area contributed by atoms with Crippen LogP contribution < -0.4 is 5.73 Å². The summed E-state index contributed by atoms with van der Waals surface area (Å²) in [6.45, 7) is 0. The van der Waals surface area contributed by atoms with Crippen LogP contribution in [0.4, 0.5) is 0 Å². The number of nitrogens with two attached hydrogens (primary N) is 1. The Morgan fingerprint density at radius 3 is 1.33 bits per heavy atom. The first kappa shape index (κ1) is 24.9. The Kier molecular flexibility index (Phi) is 7.33. The van der Waals surface area contributed by atoms with E-state index < -0.39 is 45.1 Å². The minimum atomic E-state index is -6.18. The molecule has 1 aliphatic rings. The molecule has 0 saturated carbocycles. The molecule has 1 aliphatic heterocycles. The number of hydrogen-bond donors (Lipinski definition) is 7. The largest absolute Gasteiger partial charge is 0.490 e. The summed E-state index contributed by atoms with van der Waals surface area (Å²) in [5.74, 6) is -2.76. The van der Waals surface area contributed by atoms with Crippen LogP contribution in [-0.2, 0) is 44.6 Å². The van der Waals surface area contributed by atoms with E-state index >= 15 is 0 Å². The summed E-state index contributed by atoms with van der Waals surface area (Å²) in [6.07, 6.45) is 0. The van der Waals surface area contributed by atoms with Gasteiger partial charge in [-0.3, -0.25) is 5.73 Å². The molecular weight excluding hydrogens is 493 g/mol. The molecule has 0 amide bonds. The number of hydrogen-bond acceptors (Lipinski definition) is 15. The molecule has 0 radical (unpaired) electrons. The highest BCUT2D eigenvalue weighted by molar-refractivity contribution is 7.71. The van der Waals surface area contributed by atoms with Gasteiger partial charge >= 0.3 is 45.1 Å². The zero-order chi connectivity index (χ0) is 21.4. The van der Waals surface area contributed by atoms with Gasteiger partial charge in [0.1, 0.15) is 0 Å². The standard InChI is InChI=1S/CH8N5O16P5/c2-1(3-5-6-4-1)18-24(10,11)20-26(14,15)22-27(16,17)21-25(12,13)19-23(7,8)9/h2H2,(H,10,11)(H,12,13)(H,14,15)(H,16,17)(H2,7,8,9). The Labute approximate surface area is 146 Å². The van der Waals surface area contributed by atoms with Crippen molar-refractivity contribution in [2.24, 2.45) is 26.4 Å². The molecule has 0 aromatic rings. The van der Waals surface area contributed by atoms with Crippen molar-refractivity contribution in [1.82, 2.24) is 0 Å². The van der Waals surface area contributed by atoms with E-state index in [9.17, 15) is 27.7 Å². The highest BCUT2D eigenvalue weighted by atomic mass is 31.3. The summed E-state index contributed by atoms with van der Waals surface area (Å²) in [4.78, 5) is 52.9. The van der Waals surface area contributed by atoms with Crippen molar-refractivity contribution in [3.63, 3.8) is 0 Å². The maximum Gasteiger partial charge on any atom is 0.490 e. The van der Waals surface area contributed by atoms with Gasteiger partial charge in [0.05, 0.1) is 0 Å². The van der Waals surface area contributed by atoms with Crippen LogP contribution in [0, 0.1) is 0 Å². The third-order valence-electron chi connectivity index (χ3n) is 1.49. The summed E-state index contributed by atoms with van der Waals surface area (Å²) >= 11 is 0. The zero-order valence-electron chi connectivity index (χ0n) is 11.9. The van der Waals surface area contributed by atoms with E-state index in [4.69, 9.17) is 30.2 Å². The lowest BCUT2D eigenvalue weighted by atomic mass is 10.8. The van der Waals surface area contributed by atoms with Crippen LogP contribution >= 0.6 is 39.1 Å². The minimum absolute atomic E-state index is 2.76. The molecule has 27 heavy (non-hydrogen) atoms. The maximum absolute atomic E-state index is 11.5. The monoisotopic (exact) mass is 501 g/mol. The van der Waals surface area contributed by atoms with Crippen LogP contribution in [0.3, 0.4) is 0 Å². The molecule has 158 valence electrons. The second-order valence-electron chi connectivity index (χ2n) is 3.82. The van der Waals surface area contributed by atoms with Crippen molar-refractivity contribution >= 4 is 39.1 Å². The molecule has 8 N–H and O–H groups in total. The zero-order valence-corrected chi connectivity index (χ0v) is 16.3. The van der Waals surface area contributed by atoms with E-state index in [1.54, 1.807) is 0 Å². The van der Waals surface area contributed by atoms with Crippen molar-refractivity contribution in [1.29, 1.82) is 0 Å². The quantitative estimate of drug-likeness (QED) is 0.152. The smallest absolute Gasteiger partial charge is 0.302 e. The minimum Gasteiger partial charge on any atom is -0.302 e. The number of rotatable bonds is 10. The molecule has 0 saturated heterocycles. The van der Waals surface area contributed by atoms with Crippen LogP contribution in [0.25, 0.3) is 0 Å². The van der Waals surface area contributed by atoms with Gasteiger partial charge in [-0.25, -0.2) is 27.3 Å². The van der Waals surface area contributed by atoms with Crippen LogP contribution in [0.1, 0.15) is 0 Å². The number of phosphoric ester groups is 1. The fourth-order valence-corrected chi connectivity index (χ4v) is 6.89. The predicted octanol–water partition coefficient (Wildman–Crippen LogP) is -0.0333. The molecule has 0 aromatic carbocycles. The van der Waals surface area contributed by atoms with E-state index in [1.807, 2.05) is 0 Å². The summed E-state index contributed by atoms with van der Waals surface area (Å²) in [6, 6.07) is 0. The van der Waals surface area contributed by atoms with Crippen LogP contribution in [0.2, 0.25) is 0 Å². The van der Waals surface area contributed by atoms with Crippen LogP contribution in [-0.4, -0.2) is 35.3 Å². The Morgan fingerprint density at radius 1 is 0.630 bits per heavy atom. The average Bonchev–Trinajstić information content (AvgIpc) is 2.64. The van der Waals surface area contributed by atoms with Gasteiger partial charge in [-0.2, -0.15) is 17.2 Å². The molecule has 0 aliphatic carbocycles. The van der Waals surface area contributed by atoms with Gasteiger partial charge in [0.25, 0.3) is 0 Å². The molecule has 0 aromatic heterocycles. The number of nitrogens with zero attached hydrogens (tertiary/aromatic N) is 4. The highest BCUT2D eigenvalue weighted by Gasteiger charge is 2.49.